The molecule has 1 heteroatoms. The molecule has 1 aromatic carbocycles. The minimum absolute atomic E-state index is 0.671. The monoisotopic (exact) mass is 293 g/mol. The van der Waals surface area contributed by atoms with Gasteiger partial charge in [0, 0.05) is 30.1 Å². The number of anilines is 1. The molecule has 0 spiro atoms. The van der Waals surface area contributed by atoms with Gasteiger partial charge in [-0.05, 0) is 36.8 Å². The number of hydrogen-bond acceptors (Lipinski definition) is 1. The van der Waals surface area contributed by atoms with Crippen LogP contribution >= 0.6 is 0 Å². The van der Waals surface area contributed by atoms with Gasteiger partial charge in [-0.2, -0.15) is 0 Å². The van der Waals surface area contributed by atoms with Crippen LogP contribution < -0.4 is 4.90 Å². The summed E-state index contributed by atoms with van der Waals surface area (Å²) in [7, 11) is 0. The second kappa shape index (κ2) is 5.30. The standard InChI is InChI=1S/C21H27N/c1-4-5-12-22-19-11-10-14(2)13-18(19)20-15(3)16-8-6-7-9-17(16)21(20)22/h6-11,13,15-17,20-21H,4-5,12H2,1-3H3. The van der Waals surface area contributed by atoms with E-state index in [9.17, 15) is 0 Å². The minimum Gasteiger partial charge on any atom is -0.367 e. The SMILES string of the molecule is CCCCN1c2ccc(C)cc2C2C(C)C3C=CC=CC3C21. The first-order valence-corrected chi connectivity index (χ1v) is 8.94. The van der Waals surface area contributed by atoms with Gasteiger partial charge in [-0.3, -0.25) is 0 Å². The van der Waals surface area contributed by atoms with Gasteiger partial charge in [0.15, 0.2) is 0 Å². The summed E-state index contributed by atoms with van der Waals surface area (Å²) in [4.78, 5) is 2.74. The third-order valence-electron chi connectivity index (χ3n) is 6.12. The van der Waals surface area contributed by atoms with E-state index in [4.69, 9.17) is 0 Å². The van der Waals surface area contributed by atoms with Crippen LogP contribution in [0.3, 0.4) is 0 Å². The number of fused-ring (bicyclic) bond motifs is 5. The molecule has 3 aliphatic rings. The summed E-state index contributed by atoms with van der Waals surface area (Å²) in [5, 5.41) is 0. The highest BCUT2D eigenvalue weighted by Crippen LogP contribution is 2.58. The summed E-state index contributed by atoms with van der Waals surface area (Å²) in [5.74, 6) is 2.85. The predicted octanol–water partition coefficient (Wildman–Crippen LogP) is 5.08. The first-order chi connectivity index (χ1) is 10.7. The van der Waals surface area contributed by atoms with Crippen LogP contribution in [0.5, 0.6) is 0 Å². The number of nitrogens with zero attached hydrogens (tertiary/aromatic N) is 1. The molecule has 22 heavy (non-hydrogen) atoms. The van der Waals surface area contributed by atoms with Crippen molar-refractivity contribution in [3.8, 4) is 0 Å². The zero-order chi connectivity index (χ0) is 15.3. The van der Waals surface area contributed by atoms with Gasteiger partial charge in [0.1, 0.15) is 0 Å². The Balaban J connectivity index is 1.80. The second-order valence-corrected chi connectivity index (χ2v) is 7.41. The molecule has 1 nitrogen and oxygen atoms in total. The maximum Gasteiger partial charge on any atom is 0.0430 e. The first kappa shape index (κ1) is 14.1. The van der Waals surface area contributed by atoms with Crippen LogP contribution in [0.15, 0.2) is 42.5 Å². The van der Waals surface area contributed by atoms with Crippen molar-refractivity contribution in [3.05, 3.63) is 53.6 Å². The molecule has 0 radical (unpaired) electrons. The quantitative estimate of drug-likeness (QED) is 0.751. The van der Waals surface area contributed by atoms with Gasteiger partial charge < -0.3 is 4.90 Å². The lowest BCUT2D eigenvalue weighted by Gasteiger charge is -2.32. The Morgan fingerprint density at radius 2 is 1.86 bits per heavy atom. The molecule has 0 amide bonds. The van der Waals surface area contributed by atoms with E-state index in [0.29, 0.717) is 17.9 Å². The number of benzene rings is 1. The van der Waals surface area contributed by atoms with E-state index in [-0.39, 0.29) is 0 Å². The number of unbranched alkanes of at least 4 members (excludes halogenated alkanes) is 1. The van der Waals surface area contributed by atoms with Gasteiger partial charge in [-0.15, -0.1) is 0 Å². The van der Waals surface area contributed by atoms with Crippen molar-refractivity contribution < 1.29 is 0 Å². The third kappa shape index (κ3) is 1.91. The van der Waals surface area contributed by atoms with Crippen LogP contribution in [-0.4, -0.2) is 12.6 Å². The van der Waals surface area contributed by atoms with Crippen molar-refractivity contribution >= 4 is 5.69 Å². The van der Waals surface area contributed by atoms with E-state index in [1.165, 1.54) is 30.6 Å². The lowest BCUT2D eigenvalue weighted by Crippen LogP contribution is -2.38. The molecule has 1 heterocycles. The van der Waals surface area contributed by atoms with E-state index in [1.54, 1.807) is 5.56 Å². The lowest BCUT2D eigenvalue weighted by atomic mass is 9.83. The molecule has 1 aromatic rings. The molecule has 1 saturated carbocycles. The Morgan fingerprint density at radius 1 is 1.09 bits per heavy atom. The third-order valence-corrected chi connectivity index (χ3v) is 6.12. The normalized spacial score (nSPS) is 34.7. The van der Waals surface area contributed by atoms with Crippen molar-refractivity contribution in [2.45, 2.75) is 45.6 Å². The van der Waals surface area contributed by atoms with Gasteiger partial charge in [0.2, 0.25) is 0 Å². The van der Waals surface area contributed by atoms with Crippen LogP contribution in [-0.2, 0) is 0 Å². The summed E-state index contributed by atoms with van der Waals surface area (Å²) in [6.07, 6.45) is 12.0. The summed E-state index contributed by atoms with van der Waals surface area (Å²) < 4.78 is 0. The van der Waals surface area contributed by atoms with Crippen LogP contribution in [0.4, 0.5) is 5.69 Å². The summed E-state index contributed by atoms with van der Waals surface area (Å²) >= 11 is 0. The summed E-state index contributed by atoms with van der Waals surface area (Å²) in [6, 6.07) is 7.80. The summed E-state index contributed by atoms with van der Waals surface area (Å²) in [5.41, 5.74) is 4.54. The molecule has 2 aliphatic carbocycles. The molecule has 4 rings (SSSR count). The van der Waals surface area contributed by atoms with E-state index in [0.717, 1.165) is 11.8 Å². The Bertz CT molecular complexity index is 627. The van der Waals surface area contributed by atoms with Crippen molar-refractivity contribution in [1.29, 1.82) is 0 Å². The number of rotatable bonds is 3. The van der Waals surface area contributed by atoms with E-state index < -0.39 is 0 Å². The van der Waals surface area contributed by atoms with Crippen LogP contribution in [0.1, 0.15) is 43.7 Å². The average Bonchev–Trinajstić information content (AvgIpc) is 3.00. The molecule has 5 unspecified atom stereocenters. The fourth-order valence-corrected chi connectivity index (χ4v) is 5.13. The van der Waals surface area contributed by atoms with E-state index >= 15 is 0 Å². The lowest BCUT2D eigenvalue weighted by molar-refractivity contribution is 0.427. The molecule has 0 saturated heterocycles. The van der Waals surface area contributed by atoms with Gasteiger partial charge in [0.25, 0.3) is 0 Å². The second-order valence-electron chi connectivity index (χ2n) is 7.41. The first-order valence-electron chi connectivity index (χ1n) is 8.94. The van der Waals surface area contributed by atoms with Crippen molar-refractivity contribution in [1.82, 2.24) is 0 Å². The molecule has 5 atom stereocenters. The molecule has 1 aliphatic heterocycles. The molecule has 116 valence electrons. The van der Waals surface area contributed by atoms with Crippen molar-refractivity contribution in [2.24, 2.45) is 17.8 Å². The zero-order valence-electron chi connectivity index (χ0n) is 14.0. The Labute approximate surface area is 134 Å². The van der Waals surface area contributed by atoms with Gasteiger partial charge >= 0.3 is 0 Å². The van der Waals surface area contributed by atoms with Crippen molar-refractivity contribution in [2.75, 3.05) is 11.4 Å². The highest BCUT2D eigenvalue weighted by Gasteiger charge is 2.53. The molecule has 0 bridgehead atoms. The highest BCUT2D eigenvalue weighted by molar-refractivity contribution is 5.65. The average molecular weight is 293 g/mol. The molecular weight excluding hydrogens is 266 g/mol. The Kier molecular flexibility index (Phi) is 3.40. The molecular formula is C21H27N. The predicted molar refractivity (Wildman–Crippen MR) is 94.4 cm³/mol. The smallest absolute Gasteiger partial charge is 0.0430 e. The molecule has 1 fully saturated rings. The molecule has 0 N–H and O–H groups in total. The van der Waals surface area contributed by atoms with Crippen LogP contribution in [0.25, 0.3) is 0 Å². The Hall–Kier alpha value is -1.50. The van der Waals surface area contributed by atoms with Gasteiger partial charge in [-0.25, -0.2) is 0 Å². The Morgan fingerprint density at radius 3 is 2.64 bits per heavy atom. The highest BCUT2D eigenvalue weighted by atomic mass is 15.2. The maximum absolute atomic E-state index is 2.74. The van der Waals surface area contributed by atoms with Gasteiger partial charge in [0.05, 0.1) is 0 Å². The van der Waals surface area contributed by atoms with Gasteiger partial charge in [-0.1, -0.05) is 62.3 Å². The fraction of sp³-hybridized carbons (Fsp3) is 0.524. The molecule has 0 aromatic heterocycles. The maximum atomic E-state index is 2.74. The largest absolute Gasteiger partial charge is 0.367 e. The fourth-order valence-electron chi connectivity index (χ4n) is 5.13. The minimum atomic E-state index is 0.671. The van der Waals surface area contributed by atoms with Crippen LogP contribution in [0, 0.1) is 24.7 Å². The van der Waals surface area contributed by atoms with Crippen molar-refractivity contribution in [3.63, 3.8) is 0 Å². The van der Waals surface area contributed by atoms with E-state index in [2.05, 4.69) is 68.2 Å². The zero-order valence-corrected chi connectivity index (χ0v) is 14.0. The topological polar surface area (TPSA) is 3.24 Å². The number of allylic oxidation sites excluding steroid dienone is 3. The van der Waals surface area contributed by atoms with Crippen LogP contribution in [0.2, 0.25) is 0 Å². The number of hydrogen-bond donors (Lipinski definition) is 0. The number of aryl methyl sites for hydroxylation is 1. The van der Waals surface area contributed by atoms with E-state index in [1.807, 2.05) is 0 Å². The summed E-state index contributed by atoms with van der Waals surface area (Å²) in [6.45, 7) is 8.21.